The van der Waals surface area contributed by atoms with E-state index in [1.54, 1.807) is 12.4 Å². The average Bonchev–Trinajstić information content (AvgIpc) is 4.11. The molecule has 2 aliphatic carbocycles. The summed E-state index contributed by atoms with van der Waals surface area (Å²) in [7, 11) is 8.04. The number of allylic oxidation sites excluding steroid dienone is 1. The van der Waals surface area contributed by atoms with Gasteiger partial charge in [0.05, 0.1) is 17.4 Å². The predicted molar refractivity (Wildman–Crippen MR) is 317 cm³/mol. The van der Waals surface area contributed by atoms with Gasteiger partial charge in [0, 0.05) is 83.8 Å². The van der Waals surface area contributed by atoms with E-state index < -0.39 is 23.3 Å². The fraction of sp³-hybridized carbons (Fsp3) is 0.333. The molecule has 0 saturated heterocycles. The van der Waals surface area contributed by atoms with Crippen molar-refractivity contribution in [3.05, 3.63) is 203 Å². The lowest BCUT2D eigenvalue weighted by Crippen LogP contribution is -2.46. The van der Waals surface area contributed by atoms with Gasteiger partial charge in [0.1, 0.15) is 11.3 Å². The lowest BCUT2D eigenvalue weighted by Gasteiger charge is -2.35. The number of aromatic amines is 2. The minimum atomic E-state index is -0.966. The van der Waals surface area contributed by atoms with E-state index in [4.69, 9.17) is 9.26 Å². The van der Waals surface area contributed by atoms with Gasteiger partial charge in [-0.1, -0.05) is 96.2 Å². The Morgan fingerprint density at radius 3 is 1.94 bits per heavy atom. The van der Waals surface area contributed by atoms with Crippen molar-refractivity contribution in [3.63, 3.8) is 0 Å². The Morgan fingerprint density at radius 1 is 0.683 bits per heavy atom. The van der Waals surface area contributed by atoms with Gasteiger partial charge in [-0.25, -0.2) is 27.5 Å². The molecular formula is C66H73F4N9O3. The van der Waals surface area contributed by atoms with Crippen LogP contribution in [0.3, 0.4) is 0 Å². The molecule has 1 unspecified atom stereocenters. The SMILES string of the molecule is CN(C)C(OC(C)(C)C)N(C)C.Fc1cccc(-c2cnoc2-c2c[nH]c3ncc(C4=CCC(NCc5ccccc5)CC4)cc23)c1F.O=C(Cc1cccc(F)c1F)c1c[nH]c2ncc(C3CCC(NCc4ccccc4)CC3)cc12. The van der Waals surface area contributed by atoms with Crippen LogP contribution in [0, 0.1) is 23.3 Å². The standard InChI is InChI=1S/C29H24F2N4O.C28H27F2N3O.C9H22N2O/c30-26-8-4-7-22(27(26)31)25-17-35-36-28(25)24-16-34-29-23(24)13-20(15-33-29)19-9-11-21(12-10-19)32-14-18-5-2-1-3-6-18;29-25-8-4-7-20(27(25)30)14-26(34)24-17-33-28-23(24)13-21(16-32-28)19-9-11-22(12-10-19)31-15-18-5-2-1-3-6-18;1-9(2,3)12-8(10(4)5)11(6)7/h1-9,13,15-17,21,32H,10-12,14H2,(H,33,34);1-8,13,16-17,19,22,31H,9-12,14-15H2,(H,32,33);8H,1-7H3. The number of aromatic nitrogens is 5. The molecule has 4 N–H and O–H groups in total. The van der Waals surface area contributed by atoms with Gasteiger partial charge < -0.3 is 29.9 Å². The molecule has 5 heterocycles. The number of nitrogens with zero attached hydrogens (tertiary/aromatic N) is 5. The summed E-state index contributed by atoms with van der Waals surface area (Å²) in [4.78, 5) is 32.4. The molecule has 12 nitrogen and oxygen atoms in total. The summed E-state index contributed by atoms with van der Waals surface area (Å²) in [6.45, 7) is 7.93. The third-order valence-electron chi connectivity index (χ3n) is 15.0. The summed E-state index contributed by atoms with van der Waals surface area (Å²) in [6, 6.07) is 33.9. The van der Waals surface area contributed by atoms with Crippen LogP contribution in [0.2, 0.25) is 0 Å². The molecule has 82 heavy (non-hydrogen) atoms. The monoisotopic (exact) mass is 1120 g/mol. The molecule has 1 saturated carbocycles. The number of rotatable bonds is 16. The number of ether oxygens (including phenoxy) is 1. The second kappa shape index (κ2) is 27.0. The van der Waals surface area contributed by atoms with E-state index in [2.05, 4.69) is 117 Å². The highest BCUT2D eigenvalue weighted by molar-refractivity contribution is 6.08. The van der Waals surface area contributed by atoms with Crippen LogP contribution in [0.5, 0.6) is 0 Å². The van der Waals surface area contributed by atoms with Gasteiger partial charge >= 0.3 is 0 Å². The molecule has 4 aromatic carbocycles. The van der Waals surface area contributed by atoms with E-state index in [1.807, 2.05) is 68.6 Å². The van der Waals surface area contributed by atoms with Crippen LogP contribution in [0.25, 0.3) is 50.1 Å². The molecule has 9 aromatic rings. The molecule has 11 rings (SSSR count). The third kappa shape index (κ3) is 14.9. The minimum Gasteiger partial charge on any atom is -0.356 e. The number of carbonyl (C=O) groups excluding carboxylic acids is 1. The summed E-state index contributed by atoms with van der Waals surface area (Å²) in [6.07, 6.45) is 17.9. The van der Waals surface area contributed by atoms with Gasteiger partial charge in [-0.3, -0.25) is 14.6 Å². The van der Waals surface area contributed by atoms with Crippen molar-refractivity contribution >= 4 is 33.4 Å². The van der Waals surface area contributed by atoms with E-state index in [9.17, 15) is 22.4 Å². The molecule has 16 heteroatoms. The number of fused-ring (bicyclic) bond motifs is 2. The highest BCUT2D eigenvalue weighted by atomic mass is 19.2. The number of hydrogen-bond acceptors (Lipinski definition) is 10. The first-order valence-corrected chi connectivity index (χ1v) is 28.0. The first kappa shape index (κ1) is 59.0. The maximum absolute atomic E-state index is 14.5. The van der Waals surface area contributed by atoms with E-state index in [0.717, 1.165) is 92.1 Å². The zero-order chi connectivity index (χ0) is 57.9. The van der Waals surface area contributed by atoms with E-state index >= 15 is 0 Å². The fourth-order valence-electron chi connectivity index (χ4n) is 10.7. The van der Waals surface area contributed by atoms with Crippen molar-refractivity contribution in [2.24, 2.45) is 0 Å². The van der Waals surface area contributed by atoms with Crippen molar-refractivity contribution in [2.45, 2.75) is 115 Å². The maximum atomic E-state index is 14.5. The Labute approximate surface area is 477 Å². The van der Waals surface area contributed by atoms with Crippen LogP contribution in [-0.4, -0.2) is 92.9 Å². The molecule has 0 bridgehead atoms. The van der Waals surface area contributed by atoms with Crippen LogP contribution in [0.15, 0.2) is 151 Å². The number of pyridine rings is 2. The quantitative estimate of drug-likeness (QED) is 0.0420. The minimum absolute atomic E-state index is 0.0463. The van der Waals surface area contributed by atoms with E-state index in [0.29, 0.717) is 51.7 Å². The molecule has 428 valence electrons. The highest BCUT2D eigenvalue weighted by Crippen LogP contribution is 2.39. The second-order valence-electron chi connectivity index (χ2n) is 22.6. The first-order valence-electron chi connectivity index (χ1n) is 28.0. The molecule has 0 radical (unpaired) electrons. The number of benzene rings is 4. The van der Waals surface area contributed by atoms with Gasteiger partial charge in [0.25, 0.3) is 0 Å². The van der Waals surface area contributed by atoms with Gasteiger partial charge in [-0.15, -0.1) is 0 Å². The van der Waals surface area contributed by atoms with E-state index in [1.165, 1.54) is 47.2 Å². The van der Waals surface area contributed by atoms with Crippen molar-refractivity contribution < 1.29 is 31.6 Å². The van der Waals surface area contributed by atoms with Gasteiger partial charge in [0.2, 0.25) is 0 Å². The molecular weight excluding hydrogens is 1040 g/mol. The summed E-state index contributed by atoms with van der Waals surface area (Å²) in [5.41, 5.74) is 8.94. The number of ketones is 1. The molecule has 5 aromatic heterocycles. The maximum Gasteiger partial charge on any atom is 0.176 e. The Bertz CT molecular complexity index is 3570. The summed E-state index contributed by atoms with van der Waals surface area (Å²) in [5, 5.41) is 12.8. The number of halogens is 4. The zero-order valence-corrected chi connectivity index (χ0v) is 47.7. The van der Waals surface area contributed by atoms with Crippen molar-refractivity contribution in [2.75, 3.05) is 28.2 Å². The Hall–Kier alpha value is -7.60. The Kier molecular flexibility index (Phi) is 19.4. The topological polar surface area (TPSA) is 140 Å². The zero-order valence-electron chi connectivity index (χ0n) is 47.7. The number of carbonyl (C=O) groups is 1. The van der Waals surface area contributed by atoms with Gasteiger partial charge in [-0.05, 0) is 157 Å². The molecule has 0 aliphatic heterocycles. The average molecular weight is 1120 g/mol. The Morgan fingerprint density at radius 2 is 1.30 bits per heavy atom. The van der Waals surface area contributed by atoms with Crippen molar-refractivity contribution in [3.8, 4) is 22.5 Å². The van der Waals surface area contributed by atoms with Crippen LogP contribution >= 0.6 is 0 Å². The van der Waals surface area contributed by atoms with Crippen molar-refractivity contribution in [1.29, 1.82) is 0 Å². The lowest BCUT2D eigenvalue weighted by molar-refractivity contribution is -0.178. The van der Waals surface area contributed by atoms with Crippen molar-refractivity contribution in [1.82, 2.24) is 45.5 Å². The largest absolute Gasteiger partial charge is 0.356 e. The van der Waals surface area contributed by atoms with Crippen LogP contribution in [-0.2, 0) is 24.2 Å². The normalized spacial score (nSPS) is 16.5. The van der Waals surface area contributed by atoms with Gasteiger partial charge in [-0.2, -0.15) is 0 Å². The van der Waals surface area contributed by atoms with E-state index in [-0.39, 0.29) is 35.3 Å². The third-order valence-corrected chi connectivity index (χ3v) is 15.0. The van der Waals surface area contributed by atoms with Crippen LogP contribution < -0.4 is 10.6 Å². The molecule has 1 fully saturated rings. The molecule has 2 aliphatic rings. The second-order valence-corrected chi connectivity index (χ2v) is 22.6. The van der Waals surface area contributed by atoms with Gasteiger partial charge in [0.15, 0.2) is 41.2 Å². The summed E-state index contributed by atoms with van der Waals surface area (Å²) >= 11 is 0. The predicted octanol–water partition coefficient (Wildman–Crippen LogP) is 14.2. The van der Waals surface area contributed by atoms with Crippen LogP contribution in [0.1, 0.15) is 110 Å². The molecule has 1 atom stereocenters. The first-order chi connectivity index (χ1) is 39.5. The number of H-pyrrole nitrogens is 2. The summed E-state index contributed by atoms with van der Waals surface area (Å²) in [5.74, 6) is -3.25. The smallest absolute Gasteiger partial charge is 0.176 e. The molecule has 0 amide bonds. The lowest BCUT2D eigenvalue weighted by atomic mass is 9.82. The number of hydrogen-bond donors (Lipinski definition) is 4. The molecule has 0 spiro atoms. The highest BCUT2D eigenvalue weighted by Gasteiger charge is 2.26. The fourth-order valence-corrected chi connectivity index (χ4v) is 10.7. The number of nitrogens with one attached hydrogen (secondary N) is 4. The van der Waals surface area contributed by atoms with Crippen LogP contribution in [0.4, 0.5) is 17.6 Å². The number of Topliss-reactive ketones (excluding diaryl/α,β-unsaturated/α-hetero) is 1. The summed E-state index contributed by atoms with van der Waals surface area (Å²) < 4.78 is 67.3. The Balaban J connectivity index is 0.000000166.